The summed E-state index contributed by atoms with van der Waals surface area (Å²) in [7, 11) is 0. The van der Waals surface area contributed by atoms with Gasteiger partial charge in [-0.15, -0.1) is 0 Å². The summed E-state index contributed by atoms with van der Waals surface area (Å²) in [5.41, 5.74) is 2.00. The zero-order valence-electron chi connectivity index (χ0n) is 11.4. The summed E-state index contributed by atoms with van der Waals surface area (Å²) >= 11 is 0. The standard InChI is InChI=1S/C15H18N2O3/c1-2-3-15(18)13-8-9-16(11-13)10-12-4-6-14(7-5-12)17(19)20/h4-9,11,15,18H,2-3,10H2,1H3. The van der Waals surface area contributed by atoms with Gasteiger partial charge in [0.2, 0.25) is 0 Å². The highest BCUT2D eigenvalue weighted by atomic mass is 16.6. The summed E-state index contributed by atoms with van der Waals surface area (Å²) in [6.45, 7) is 2.67. The first-order valence-corrected chi connectivity index (χ1v) is 6.67. The molecular formula is C15H18N2O3. The van der Waals surface area contributed by atoms with Crippen LogP contribution in [0.1, 0.15) is 37.0 Å². The van der Waals surface area contributed by atoms with Crippen LogP contribution in [0.3, 0.4) is 0 Å². The Kier molecular flexibility index (Phi) is 4.53. The van der Waals surface area contributed by atoms with Gasteiger partial charge in [-0.25, -0.2) is 0 Å². The number of hydrogen-bond donors (Lipinski definition) is 1. The molecule has 0 fully saturated rings. The third-order valence-electron chi connectivity index (χ3n) is 3.23. The van der Waals surface area contributed by atoms with Gasteiger partial charge in [0.25, 0.3) is 5.69 Å². The van der Waals surface area contributed by atoms with Gasteiger partial charge in [-0.3, -0.25) is 10.1 Å². The normalized spacial score (nSPS) is 12.3. The zero-order chi connectivity index (χ0) is 14.5. The van der Waals surface area contributed by atoms with Gasteiger partial charge in [-0.2, -0.15) is 0 Å². The molecule has 106 valence electrons. The molecule has 1 heterocycles. The van der Waals surface area contributed by atoms with Crippen molar-refractivity contribution in [3.8, 4) is 0 Å². The first-order chi connectivity index (χ1) is 9.60. The molecule has 0 amide bonds. The maximum atomic E-state index is 10.6. The molecule has 2 rings (SSSR count). The fourth-order valence-corrected chi connectivity index (χ4v) is 2.13. The predicted octanol–water partition coefficient (Wildman–Crippen LogP) is 3.28. The predicted molar refractivity (Wildman–Crippen MR) is 76.5 cm³/mol. The van der Waals surface area contributed by atoms with Crippen molar-refractivity contribution < 1.29 is 10.0 Å². The van der Waals surface area contributed by atoms with Crippen molar-refractivity contribution in [2.75, 3.05) is 0 Å². The van der Waals surface area contributed by atoms with Gasteiger partial charge < -0.3 is 9.67 Å². The molecule has 1 atom stereocenters. The van der Waals surface area contributed by atoms with Crippen LogP contribution < -0.4 is 0 Å². The molecule has 1 aromatic carbocycles. The van der Waals surface area contributed by atoms with Crippen molar-refractivity contribution in [1.29, 1.82) is 0 Å². The highest BCUT2D eigenvalue weighted by molar-refractivity contribution is 5.33. The van der Waals surface area contributed by atoms with Gasteiger partial charge in [0.15, 0.2) is 0 Å². The maximum Gasteiger partial charge on any atom is 0.269 e. The van der Waals surface area contributed by atoms with Gasteiger partial charge in [-0.1, -0.05) is 25.5 Å². The van der Waals surface area contributed by atoms with Gasteiger partial charge >= 0.3 is 0 Å². The third kappa shape index (κ3) is 3.45. The van der Waals surface area contributed by atoms with Crippen molar-refractivity contribution in [3.05, 3.63) is 64.0 Å². The molecule has 1 aromatic heterocycles. The van der Waals surface area contributed by atoms with Crippen molar-refractivity contribution >= 4 is 5.69 Å². The molecule has 0 radical (unpaired) electrons. The molecule has 0 saturated carbocycles. The number of aliphatic hydroxyl groups is 1. The molecule has 0 spiro atoms. The Balaban J connectivity index is 2.04. The average Bonchev–Trinajstić information content (AvgIpc) is 2.88. The van der Waals surface area contributed by atoms with Crippen molar-refractivity contribution in [2.24, 2.45) is 0 Å². The van der Waals surface area contributed by atoms with E-state index in [1.807, 2.05) is 30.0 Å². The Morgan fingerprint density at radius 2 is 2.00 bits per heavy atom. The summed E-state index contributed by atoms with van der Waals surface area (Å²) in [6.07, 6.45) is 5.10. The Morgan fingerprint density at radius 1 is 1.30 bits per heavy atom. The molecular weight excluding hydrogens is 256 g/mol. The molecule has 2 aromatic rings. The maximum absolute atomic E-state index is 10.6. The molecule has 0 aliphatic carbocycles. The summed E-state index contributed by atoms with van der Waals surface area (Å²) in [5.74, 6) is 0. The lowest BCUT2D eigenvalue weighted by molar-refractivity contribution is -0.384. The lowest BCUT2D eigenvalue weighted by Gasteiger charge is -2.06. The smallest absolute Gasteiger partial charge is 0.269 e. The zero-order valence-corrected chi connectivity index (χ0v) is 11.4. The highest BCUT2D eigenvalue weighted by Crippen LogP contribution is 2.19. The third-order valence-corrected chi connectivity index (χ3v) is 3.23. The SMILES string of the molecule is CCCC(O)c1ccn(Cc2ccc([N+](=O)[O-])cc2)c1. The Morgan fingerprint density at radius 3 is 2.60 bits per heavy atom. The first-order valence-electron chi connectivity index (χ1n) is 6.67. The summed E-state index contributed by atoms with van der Waals surface area (Å²) < 4.78 is 1.97. The number of nitrogens with zero attached hydrogens (tertiary/aromatic N) is 2. The minimum atomic E-state index is -0.418. The number of aliphatic hydroxyl groups excluding tert-OH is 1. The second kappa shape index (κ2) is 6.34. The van der Waals surface area contributed by atoms with E-state index in [-0.39, 0.29) is 5.69 Å². The Labute approximate surface area is 117 Å². The van der Waals surface area contributed by atoms with E-state index < -0.39 is 11.0 Å². The van der Waals surface area contributed by atoms with Crippen LogP contribution in [0.4, 0.5) is 5.69 Å². The van der Waals surface area contributed by atoms with Gasteiger partial charge in [0, 0.05) is 31.1 Å². The number of non-ortho nitro benzene ring substituents is 1. The van der Waals surface area contributed by atoms with Gasteiger partial charge in [0.05, 0.1) is 11.0 Å². The molecule has 20 heavy (non-hydrogen) atoms. The van der Waals surface area contributed by atoms with Gasteiger partial charge in [0.1, 0.15) is 0 Å². The Bertz CT molecular complexity index is 575. The quantitative estimate of drug-likeness (QED) is 0.649. The highest BCUT2D eigenvalue weighted by Gasteiger charge is 2.08. The topological polar surface area (TPSA) is 68.3 Å². The van der Waals surface area contributed by atoms with Crippen molar-refractivity contribution in [3.63, 3.8) is 0 Å². The number of nitro benzene ring substituents is 1. The van der Waals surface area contributed by atoms with E-state index in [9.17, 15) is 15.2 Å². The largest absolute Gasteiger partial charge is 0.388 e. The van der Waals surface area contributed by atoms with Crippen LogP contribution in [0.15, 0.2) is 42.7 Å². The molecule has 0 saturated heterocycles. The van der Waals surface area contributed by atoms with E-state index >= 15 is 0 Å². The first kappa shape index (κ1) is 14.3. The fourth-order valence-electron chi connectivity index (χ4n) is 2.13. The molecule has 0 aliphatic rings. The van der Waals surface area contributed by atoms with Crippen LogP contribution in [-0.2, 0) is 6.54 Å². The molecule has 5 nitrogen and oxygen atoms in total. The van der Waals surface area contributed by atoms with Crippen LogP contribution in [0.25, 0.3) is 0 Å². The van der Waals surface area contributed by atoms with E-state index in [2.05, 4.69) is 0 Å². The minimum Gasteiger partial charge on any atom is -0.388 e. The number of hydrogen-bond acceptors (Lipinski definition) is 3. The number of benzene rings is 1. The minimum absolute atomic E-state index is 0.0975. The van der Waals surface area contributed by atoms with Gasteiger partial charge in [-0.05, 0) is 23.6 Å². The fraction of sp³-hybridized carbons (Fsp3) is 0.333. The molecule has 0 bridgehead atoms. The number of aromatic nitrogens is 1. The summed E-state index contributed by atoms with van der Waals surface area (Å²) in [6, 6.07) is 8.42. The second-order valence-electron chi connectivity index (χ2n) is 4.85. The Hall–Kier alpha value is -2.14. The summed E-state index contributed by atoms with van der Waals surface area (Å²) in [5, 5.41) is 20.5. The van der Waals surface area contributed by atoms with Crippen molar-refractivity contribution in [1.82, 2.24) is 4.57 Å². The monoisotopic (exact) mass is 274 g/mol. The lowest BCUT2D eigenvalue weighted by Crippen LogP contribution is -1.98. The number of nitro groups is 1. The van der Waals surface area contributed by atoms with Crippen LogP contribution >= 0.6 is 0 Å². The van der Waals surface area contributed by atoms with Crippen LogP contribution in [-0.4, -0.2) is 14.6 Å². The average molecular weight is 274 g/mol. The molecule has 0 aliphatic heterocycles. The van der Waals surface area contributed by atoms with E-state index in [0.29, 0.717) is 6.54 Å². The van der Waals surface area contributed by atoms with E-state index in [1.165, 1.54) is 12.1 Å². The van der Waals surface area contributed by atoms with Crippen LogP contribution in [0, 0.1) is 10.1 Å². The second-order valence-corrected chi connectivity index (χ2v) is 4.85. The molecule has 1 unspecified atom stereocenters. The molecule has 1 N–H and O–H groups in total. The number of rotatable bonds is 6. The van der Waals surface area contributed by atoms with E-state index in [0.717, 1.165) is 24.0 Å². The molecule has 5 heteroatoms. The van der Waals surface area contributed by atoms with E-state index in [1.54, 1.807) is 12.1 Å². The van der Waals surface area contributed by atoms with Crippen LogP contribution in [0.5, 0.6) is 0 Å². The lowest BCUT2D eigenvalue weighted by atomic mass is 10.1. The summed E-state index contributed by atoms with van der Waals surface area (Å²) in [4.78, 5) is 10.2. The van der Waals surface area contributed by atoms with Crippen molar-refractivity contribution in [2.45, 2.75) is 32.4 Å². The van der Waals surface area contributed by atoms with Crippen LogP contribution in [0.2, 0.25) is 0 Å². The van der Waals surface area contributed by atoms with E-state index in [4.69, 9.17) is 0 Å².